The second-order valence-corrected chi connectivity index (χ2v) is 12.0. The molecule has 6 nitrogen and oxygen atoms in total. The van der Waals surface area contributed by atoms with Gasteiger partial charge in [0.05, 0.1) is 23.3 Å². The van der Waals surface area contributed by atoms with Crippen molar-refractivity contribution in [2.45, 2.75) is 64.0 Å². The number of amides is 1. The summed E-state index contributed by atoms with van der Waals surface area (Å²) in [5.74, 6) is -0.174. The Hall–Kier alpha value is -3.07. The Morgan fingerprint density at radius 3 is 2.35 bits per heavy atom. The fourth-order valence-corrected chi connectivity index (χ4v) is 7.55. The van der Waals surface area contributed by atoms with E-state index in [9.17, 15) is 22.8 Å². The fraction of sp³-hybridized carbons (Fsp3) is 0.548. The molecule has 4 fully saturated rings. The first kappa shape index (κ1) is 28.5. The molecule has 4 bridgehead atoms. The number of carbonyl (C=O) groups is 2. The van der Waals surface area contributed by atoms with Gasteiger partial charge >= 0.3 is 12.1 Å². The number of esters is 1. The van der Waals surface area contributed by atoms with E-state index in [1.165, 1.54) is 23.8 Å². The molecule has 2 aromatic carbocycles. The third-order valence-corrected chi connectivity index (χ3v) is 9.07. The Bertz CT molecular complexity index is 1280. The lowest BCUT2D eigenvalue weighted by Gasteiger charge is -2.61. The van der Waals surface area contributed by atoms with Crippen LogP contribution in [-0.2, 0) is 30.7 Å². The summed E-state index contributed by atoms with van der Waals surface area (Å²) in [6.07, 6.45) is 0.834. The van der Waals surface area contributed by atoms with Gasteiger partial charge in [-0.05, 0) is 105 Å². The molecule has 0 spiro atoms. The van der Waals surface area contributed by atoms with E-state index in [0.29, 0.717) is 18.3 Å². The number of aryl methyl sites for hydroxylation is 2. The van der Waals surface area contributed by atoms with Gasteiger partial charge in [-0.15, -0.1) is 0 Å². The topological polar surface area (TPSA) is 73.9 Å². The maximum atomic E-state index is 13.6. The van der Waals surface area contributed by atoms with Crippen LogP contribution in [0.3, 0.4) is 0 Å². The van der Waals surface area contributed by atoms with Crippen molar-refractivity contribution in [3.8, 4) is 5.75 Å². The highest BCUT2D eigenvalue weighted by atomic mass is 19.4. The highest BCUT2D eigenvalue weighted by Crippen LogP contribution is 2.66. The SMILES string of the molecule is COCCOc1ccc(C(F)(F)F)cc1NC(=O)COC(=O)C12C[C@H]3C[C@H](C1)CC(c1ccc(C)c(C)c1)(C3)C2. The largest absolute Gasteiger partial charge is 0.489 e. The molecule has 9 heteroatoms. The van der Waals surface area contributed by atoms with Crippen LogP contribution in [0.15, 0.2) is 36.4 Å². The van der Waals surface area contributed by atoms with E-state index in [-0.39, 0.29) is 36.0 Å². The first-order valence-corrected chi connectivity index (χ1v) is 13.8. The highest BCUT2D eigenvalue weighted by Gasteiger charge is 2.61. The maximum Gasteiger partial charge on any atom is 0.416 e. The summed E-state index contributed by atoms with van der Waals surface area (Å²) in [6, 6.07) is 9.46. The molecule has 0 radical (unpaired) electrons. The van der Waals surface area contributed by atoms with Gasteiger partial charge in [-0.1, -0.05) is 18.2 Å². The van der Waals surface area contributed by atoms with Crippen molar-refractivity contribution in [3.05, 3.63) is 58.7 Å². The molecule has 0 aliphatic heterocycles. The van der Waals surface area contributed by atoms with E-state index in [4.69, 9.17) is 14.2 Å². The Kier molecular flexibility index (Phi) is 7.63. The van der Waals surface area contributed by atoms with E-state index in [2.05, 4.69) is 37.4 Å². The molecule has 0 unspecified atom stereocenters. The number of methoxy groups -OCH3 is 1. The number of ether oxygens (including phenoxy) is 3. The minimum atomic E-state index is -4.60. The third-order valence-electron chi connectivity index (χ3n) is 9.07. The first-order chi connectivity index (χ1) is 18.9. The summed E-state index contributed by atoms with van der Waals surface area (Å²) in [5.41, 5.74) is 1.97. The van der Waals surface area contributed by atoms with E-state index < -0.39 is 29.7 Å². The second kappa shape index (κ2) is 10.7. The fourth-order valence-electron chi connectivity index (χ4n) is 7.55. The van der Waals surface area contributed by atoms with Crippen molar-refractivity contribution in [2.75, 3.05) is 32.2 Å². The van der Waals surface area contributed by atoms with Crippen molar-refractivity contribution in [3.63, 3.8) is 0 Å². The van der Waals surface area contributed by atoms with Crippen molar-refractivity contribution in [2.24, 2.45) is 17.3 Å². The number of nitrogens with one attached hydrogen (secondary N) is 1. The van der Waals surface area contributed by atoms with E-state index in [1.807, 2.05) is 0 Å². The number of carbonyl (C=O) groups excluding carboxylic acids is 2. The first-order valence-electron chi connectivity index (χ1n) is 13.8. The van der Waals surface area contributed by atoms with Crippen LogP contribution in [0.5, 0.6) is 5.75 Å². The molecule has 2 aromatic rings. The lowest BCUT2D eigenvalue weighted by atomic mass is 9.43. The minimum Gasteiger partial charge on any atom is -0.489 e. The van der Waals surface area contributed by atoms with Crippen LogP contribution in [0.25, 0.3) is 0 Å². The summed E-state index contributed by atoms with van der Waals surface area (Å²) < 4.78 is 55.9. The van der Waals surface area contributed by atoms with Gasteiger partial charge in [-0.3, -0.25) is 9.59 Å². The second-order valence-electron chi connectivity index (χ2n) is 12.0. The van der Waals surface area contributed by atoms with Gasteiger partial charge in [0.2, 0.25) is 0 Å². The maximum absolute atomic E-state index is 13.6. The van der Waals surface area contributed by atoms with Gasteiger partial charge < -0.3 is 19.5 Å². The highest BCUT2D eigenvalue weighted by molar-refractivity contribution is 5.94. The van der Waals surface area contributed by atoms with Crippen LogP contribution in [0.1, 0.15) is 60.8 Å². The molecule has 0 saturated heterocycles. The van der Waals surface area contributed by atoms with Crippen molar-refractivity contribution in [1.29, 1.82) is 0 Å². The van der Waals surface area contributed by atoms with Crippen LogP contribution in [-0.4, -0.2) is 38.8 Å². The summed E-state index contributed by atoms with van der Waals surface area (Å²) in [7, 11) is 1.47. The average molecular weight is 560 g/mol. The number of anilines is 1. The molecule has 0 aromatic heterocycles. The van der Waals surface area contributed by atoms with Crippen LogP contribution in [0, 0.1) is 31.1 Å². The molecule has 6 rings (SSSR count). The standard InChI is InChI=1S/C31H36F3NO5/c1-19-4-5-23(10-20(19)2)29-13-21-11-22(14-29)16-30(15-21,18-29)28(37)40-17-27(36)35-25-12-24(31(32,33)34)6-7-26(25)39-9-8-38-3/h4-7,10,12,21-22H,8-9,11,13-18H2,1-3H3,(H,35,36)/t21-,22-,29?,30?/m0/s1. The van der Waals surface area contributed by atoms with Crippen LogP contribution >= 0.6 is 0 Å². The summed E-state index contributed by atoms with van der Waals surface area (Å²) >= 11 is 0. The predicted molar refractivity (Wildman–Crippen MR) is 143 cm³/mol. The lowest BCUT2D eigenvalue weighted by molar-refractivity contribution is -0.175. The monoisotopic (exact) mass is 559 g/mol. The Morgan fingerprint density at radius 1 is 0.975 bits per heavy atom. The Labute approximate surface area is 232 Å². The van der Waals surface area contributed by atoms with Gasteiger partial charge in [0.15, 0.2) is 6.61 Å². The molecular formula is C31H36F3NO5. The zero-order valence-corrected chi connectivity index (χ0v) is 23.2. The molecule has 4 aliphatic rings. The molecule has 216 valence electrons. The minimum absolute atomic E-state index is 0.0705. The number of rotatable bonds is 9. The van der Waals surface area contributed by atoms with Gasteiger partial charge in [0, 0.05) is 7.11 Å². The van der Waals surface area contributed by atoms with E-state index in [0.717, 1.165) is 50.3 Å². The summed E-state index contributed by atoms with van der Waals surface area (Å²) in [4.78, 5) is 26.4. The van der Waals surface area contributed by atoms with Gasteiger partial charge in [-0.25, -0.2) is 0 Å². The third kappa shape index (κ3) is 5.57. The van der Waals surface area contributed by atoms with Crippen LogP contribution in [0.2, 0.25) is 0 Å². The van der Waals surface area contributed by atoms with Crippen LogP contribution in [0.4, 0.5) is 18.9 Å². The quantitative estimate of drug-likeness (QED) is 0.286. The molecule has 1 N–H and O–H groups in total. The van der Waals surface area contributed by atoms with Gasteiger partial charge in [0.1, 0.15) is 12.4 Å². The van der Waals surface area contributed by atoms with Crippen molar-refractivity contribution < 1.29 is 37.0 Å². The molecule has 4 saturated carbocycles. The zero-order chi connectivity index (χ0) is 28.7. The number of hydrogen-bond donors (Lipinski definition) is 1. The average Bonchev–Trinajstić information content (AvgIpc) is 2.88. The summed E-state index contributed by atoms with van der Waals surface area (Å²) in [5, 5.41) is 2.44. The van der Waals surface area contributed by atoms with E-state index in [1.54, 1.807) is 0 Å². The van der Waals surface area contributed by atoms with Crippen molar-refractivity contribution in [1.82, 2.24) is 0 Å². The number of hydrogen-bond acceptors (Lipinski definition) is 5. The molecule has 40 heavy (non-hydrogen) atoms. The van der Waals surface area contributed by atoms with Gasteiger partial charge in [0.25, 0.3) is 5.91 Å². The zero-order valence-electron chi connectivity index (χ0n) is 23.2. The number of benzene rings is 2. The number of alkyl halides is 3. The molecule has 2 atom stereocenters. The van der Waals surface area contributed by atoms with Gasteiger partial charge in [-0.2, -0.15) is 13.2 Å². The smallest absolute Gasteiger partial charge is 0.416 e. The summed E-state index contributed by atoms with van der Waals surface area (Å²) in [6.45, 7) is 3.93. The lowest BCUT2D eigenvalue weighted by Crippen LogP contribution is -2.57. The number of halogens is 3. The molecule has 4 aliphatic carbocycles. The van der Waals surface area contributed by atoms with Crippen molar-refractivity contribution >= 4 is 17.6 Å². The van der Waals surface area contributed by atoms with E-state index >= 15 is 0 Å². The molecule has 1 amide bonds. The normalized spacial score (nSPS) is 26.9. The Balaban J connectivity index is 1.29. The predicted octanol–water partition coefficient (Wildman–Crippen LogP) is 6.37. The Morgan fingerprint density at radius 2 is 1.70 bits per heavy atom. The molecular weight excluding hydrogens is 523 g/mol. The molecule has 0 heterocycles. The van der Waals surface area contributed by atoms with Crippen LogP contribution < -0.4 is 10.1 Å².